The predicted molar refractivity (Wildman–Crippen MR) is 90.5 cm³/mol. The van der Waals surface area contributed by atoms with Gasteiger partial charge in [0.15, 0.2) is 0 Å². The quantitative estimate of drug-likeness (QED) is 0.715. The second-order valence-electron chi connectivity index (χ2n) is 6.09. The van der Waals surface area contributed by atoms with E-state index in [0.717, 1.165) is 29.8 Å². The minimum Gasteiger partial charge on any atom is -0.496 e. The zero-order valence-electron chi connectivity index (χ0n) is 13.3. The summed E-state index contributed by atoms with van der Waals surface area (Å²) in [6.07, 6.45) is 7.93. The van der Waals surface area contributed by atoms with Crippen molar-refractivity contribution in [2.24, 2.45) is 5.92 Å². The van der Waals surface area contributed by atoms with E-state index in [2.05, 4.69) is 18.3 Å². The predicted octanol–water partition coefficient (Wildman–Crippen LogP) is 5.01. The maximum Gasteiger partial charge on any atom is 0.122 e. The molecule has 0 amide bonds. The first kappa shape index (κ1) is 16.6. The Bertz CT molecular complexity index is 429. The van der Waals surface area contributed by atoms with Crippen molar-refractivity contribution in [3.8, 4) is 5.75 Å². The van der Waals surface area contributed by atoms with Crippen molar-refractivity contribution in [2.75, 3.05) is 20.2 Å². The Morgan fingerprint density at radius 1 is 1.29 bits per heavy atom. The molecule has 0 saturated heterocycles. The van der Waals surface area contributed by atoms with Gasteiger partial charge >= 0.3 is 0 Å². The molecule has 21 heavy (non-hydrogen) atoms. The summed E-state index contributed by atoms with van der Waals surface area (Å²) in [6, 6.07) is 6.03. The van der Waals surface area contributed by atoms with Crippen molar-refractivity contribution in [3.63, 3.8) is 0 Å². The molecule has 2 nitrogen and oxygen atoms in total. The van der Waals surface area contributed by atoms with Crippen LogP contribution in [0, 0.1) is 5.92 Å². The zero-order valence-corrected chi connectivity index (χ0v) is 14.1. The van der Waals surface area contributed by atoms with Gasteiger partial charge in [0.05, 0.1) is 7.11 Å². The van der Waals surface area contributed by atoms with Crippen molar-refractivity contribution < 1.29 is 4.74 Å². The van der Waals surface area contributed by atoms with E-state index in [1.807, 2.05) is 12.1 Å². The molecule has 1 aliphatic carbocycles. The van der Waals surface area contributed by atoms with E-state index >= 15 is 0 Å². The van der Waals surface area contributed by atoms with Crippen LogP contribution in [0.1, 0.15) is 56.9 Å². The lowest BCUT2D eigenvalue weighted by Gasteiger charge is -2.32. The molecule has 1 saturated carbocycles. The standard InChI is InChI=1S/C18H28ClNO/c1-3-11-20-13-17(14-7-5-4-6-8-14)16-12-15(19)9-10-18(16)21-2/h9-10,12,14,17,20H,3-8,11,13H2,1-2H3. The maximum atomic E-state index is 6.24. The Morgan fingerprint density at radius 3 is 2.71 bits per heavy atom. The van der Waals surface area contributed by atoms with Gasteiger partial charge in [0.1, 0.15) is 5.75 Å². The number of halogens is 1. The molecular weight excluding hydrogens is 282 g/mol. The number of methoxy groups -OCH3 is 1. The highest BCUT2D eigenvalue weighted by Gasteiger charge is 2.27. The summed E-state index contributed by atoms with van der Waals surface area (Å²) in [7, 11) is 1.75. The van der Waals surface area contributed by atoms with Crippen molar-refractivity contribution in [3.05, 3.63) is 28.8 Å². The van der Waals surface area contributed by atoms with Crippen LogP contribution >= 0.6 is 11.6 Å². The van der Waals surface area contributed by atoms with Gasteiger partial charge in [0, 0.05) is 23.0 Å². The van der Waals surface area contributed by atoms with Crippen LogP contribution in [0.25, 0.3) is 0 Å². The first-order valence-electron chi connectivity index (χ1n) is 8.30. The van der Waals surface area contributed by atoms with Gasteiger partial charge in [-0.1, -0.05) is 37.8 Å². The third-order valence-electron chi connectivity index (χ3n) is 4.60. The highest BCUT2D eigenvalue weighted by atomic mass is 35.5. The van der Waals surface area contributed by atoms with E-state index in [0.29, 0.717) is 5.92 Å². The van der Waals surface area contributed by atoms with Gasteiger partial charge in [0.25, 0.3) is 0 Å². The Kier molecular flexibility index (Phi) is 6.85. The number of benzene rings is 1. The van der Waals surface area contributed by atoms with E-state index in [4.69, 9.17) is 16.3 Å². The van der Waals surface area contributed by atoms with Crippen molar-refractivity contribution in [1.29, 1.82) is 0 Å². The lowest BCUT2D eigenvalue weighted by molar-refractivity contribution is 0.290. The third-order valence-corrected chi connectivity index (χ3v) is 4.84. The summed E-state index contributed by atoms with van der Waals surface area (Å²) in [4.78, 5) is 0. The lowest BCUT2D eigenvalue weighted by Crippen LogP contribution is -2.28. The molecule has 1 aliphatic rings. The highest BCUT2D eigenvalue weighted by Crippen LogP contribution is 2.40. The molecular formula is C18H28ClNO. The average molecular weight is 310 g/mol. The van der Waals surface area contributed by atoms with Gasteiger partial charge in [-0.2, -0.15) is 0 Å². The number of nitrogens with one attached hydrogen (secondary N) is 1. The van der Waals surface area contributed by atoms with Crippen LogP contribution in [0.15, 0.2) is 18.2 Å². The van der Waals surface area contributed by atoms with E-state index in [1.165, 1.54) is 44.1 Å². The fourth-order valence-corrected chi connectivity index (χ4v) is 3.68. The molecule has 118 valence electrons. The molecule has 2 rings (SSSR count). The molecule has 1 atom stereocenters. The first-order chi connectivity index (χ1) is 10.3. The smallest absolute Gasteiger partial charge is 0.122 e. The second-order valence-corrected chi connectivity index (χ2v) is 6.53. The minimum atomic E-state index is 0.505. The molecule has 1 N–H and O–H groups in total. The zero-order chi connectivity index (χ0) is 15.1. The Morgan fingerprint density at radius 2 is 2.05 bits per heavy atom. The van der Waals surface area contributed by atoms with E-state index in [-0.39, 0.29) is 0 Å². The van der Waals surface area contributed by atoms with Gasteiger partial charge in [-0.25, -0.2) is 0 Å². The molecule has 1 unspecified atom stereocenters. The molecule has 0 aromatic heterocycles. The van der Waals surface area contributed by atoms with Crippen molar-refractivity contribution in [2.45, 2.75) is 51.4 Å². The van der Waals surface area contributed by atoms with Crippen molar-refractivity contribution in [1.82, 2.24) is 5.32 Å². The van der Waals surface area contributed by atoms with Gasteiger partial charge in [0.2, 0.25) is 0 Å². The summed E-state index contributed by atoms with van der Waals surface area (Å²) in [5, 5.41) is 4.41. The lowest BCUT2D eigenvalue weighted by atomic mass is 9.76. The monoisotopic (exact) mass is 309 g/mol. The van der Waals surface area contributed by atoms with Crippen LogP contribution in [0.5, 0.6) is 5.75 Å². The Balaban J connectivity index is 2.22. The largest absolute Gasteiger partial charge is 0.496 e. The van der Waals surface area contributed by atoms with Crippen LogP contribution < -0.4 is 10.1 Å². The molecule has 1 fully saturated rings. The van der Waals surface area contributed by atoms with E-state index in [9.17, 15) is 0 Å². The normalized spacial score (nSPS) is 17.7. The van der Waals surface area contributed by atoms with Gasteiger partial charge in [-0.05, 0) is 49.9 Å². The van der Waals surface area contributed by atoms with Gasteiger partial charge in [-0.15, -0.1) is 0 Å². The Labute approximate surface area is 134 Å². The number of hydrogen-bond donors (Lipinski definition) is 1. The van der Waals surface area contributed by atoms with E-state index < -0.39 is 0 Å². The van der Waals surface area contributed by atoms with Gasteiger partial charge in [-0.3, -0.25) is 0 Å². The number of rotatable bonds is 7. The molecule has 1 aromatic carbocycles. The number of ether oxygens (including phenoxy) is 1. The van der Waals surface area contributed by atoms with Crippen LogP contribution in [0.3, 0.4) is 0 Å². The van der Waals surface area contributed by atoms with Gasteiger partial charge < -0.3 is 10.1 Å². The van der Waals surface area contributed by atoms with Crippen LogP contribution in [0.4, 0.5) is 0 Å². The molecule has 0 aliphatic heterocycles. The molecule has 0 radical (unpaired) electrons. The highest BCUT2D eigenvalue weighted by molar-refractivity contribution is 6.30. The first-order valence-corrected chi connectivity index (χ1v) is 8.68. The Hall–Kier alpha value is -0.730. The minimum absolute atomic E-state index is 0.505. The fourth-order valence-electron chi connectivity index (χ4n) is 3.50. The molecule has 0 bridgehead atoms. The SMILES string of the molecule is CCCNCC(c1cc(Cl)ccc1OC)C1CCCCC1. The summed E-state index contributed by atoms with van der Waals surface area (Å²) < 4.78 is 5.59. The molecule has 3 heteroatoms. The van der Waals surface area contributed by atoms with Crippen LogP contribution in [-0.2, 0) is 0 Å². The summed E-state index contributed by atoms with van der Waals surface area (Å²) in [6.45, 7) is 4.31. The molecule has 0 spiro atoms. The average Bonchev–Trinajstić information content (AvgIpc) is 2.52. The maximum absolute atomic E-state index is 6.24. The topological polar surface area (TPSA) is 21.3 Å². The molecule has 1 aromatic rings. The third kappa shape index (κ3) is 4.62. The second kappa shape index (κ2) is 8.65. The van der Waals surface area contributed by atoms with Crippen molar-refractivity contribution >= 4 is 11.6 Å². The summed E-state index contributed by atoms with van der Waals surface area (Å²) in [5.74, 6) is 2.23. The number of hydrogen-bond acceptors (Lipinski definition) is 2. The summed E-state index contributed by atoms with van der Waals surface area (Å²) >= 11 is 6.24. The van der Waals surface area contributed by atoms with Crippen LogP contribution in [0.2, 0.25) is 5.02 Å². The molecule has 0 heterocycles. The summed E-state index contributed by atoms with van der Waals surface area (Å²) in [5.41, 5.74) is 1.28. The van der Waals surface area contributed by atoms with Crippen LogP contribution in [-0.4, -0.2) is 20.2 Å². The van der Waals surface area contributed by atoms with E-state index in [1.54, 1.807) is 7.11 Å². The fraction of sp³-hybridized carbons (Fsp3) is 0.667.